The Kier molecular flexibility index (Phi) is 3.95. The fourth-order valence-electron chi connectivity index (χ4n) is 4.56. The second-order valence-electron chi connectivity index (χ2n) is 8.04. The maximum Gasteiger partial charge on any atom is 0.346 e. The molecule has 2 aliphatic rings. The van der Waals surface area contributed by atoms with E-state index in [1.165, 1.54) is 23.1 Å². The molecule has 0 radical (unpaired) electrons. The van der Waals surface area contributed by atoms with E-state index in [1.807, 2.05) is 18.3 Å². The Morgan fingerprint density at radius 3 is 2.74 bits per heavy atom. The molecule has 0 spiro atoms. The van der Waals surface area contributed by atoms with Gasteiger partial charge in [0.15, 0.2) is 0 Å². The zero-order valence-electron chi connectivity index (χ0n) is 16.4. The van der Waals surface area contributed by atoms with Gasteiger partial charge in [-0.2, -0.15) is 15.2 Å². The Labute approximate surface area is 174 Å². The van der Waals surface area contributed by atoms with Gasteiger partial charge in [-0.3, -0.25) is 4.57 Å². The van der Waals surface area contributed by atoms with Gasteiger partial charge in [0.25, 0.3) is 0 Å². The Morgan fingerprint density at radius 1 is 1.13 bits per heavy atom. The number of aromatic nitrogens is 6. The Balaban J connectivity index is 1.21. The highest BCUT2D eigenvalue weighted by molar-refractivity contribution is 5.55. The standard InChI is InChI=1S/C21H18F2N6O2/c22-13-6-12(7-14(23)8-13)17-3-4-19-26-29(21(30)28(17)19)15-9-16(10-15)31-20-18-2-1-5-27(18)25-11-24-20/h1-2,5-8,11,15-17H,3-4,9-10H2/t15-,16-,17-/m0/s1. The fraction of sp³-hybridized carbons (Fsp3) is 0.333. The van der Waals surface area contributed by atoms with E-state index in [1.54, 1.807) is 9.08 Å². The average Bonchev–Trinajstić information content (AvgIpc) is 3.40. The molecule has 0 bridgehead atoms. The summed E-state index contributed by atoms with van der Waals surface area (Å²) in [6.45, 7) is 0. The monoisotopic (exact) mass is 424 g/mol. The van der Waals surface area contributed by atoms with Crippen LogP contribution in [0.15, 0.2) is 47.7 Å². The topological polar surface area (TPSA) is 79.2 Å². The molecule has 6 rings (SSSR count). The molecular weight excluding hydrogens is 406 g/mol. The maximum atomic E-state index is 13.7. The molecule has 8 nitrogen and oxygen atoms in total. The number of nitrogens with zero attached hydrogens (tertiary/aromatic N) is 6. The van der Waals surface area contributed by atoms with Crippen molar-refractivity contribution in [2.75, 3.05) is 0 Å². The summed E-state index contributed by atoms with van der Waals surface area (Å²) in [7, 11) is 0. The molecule has 158 valence electrons. The minimum absolute atomic E-state index is 0.0739. The average molecular weight is 424 g/mol. The van der Waals surface area contributed by atoms with Gasteiger partial charge in [0.2, 0.25) is 5.88 Å². The van der Waals surface area contributed by atoms with E-state index in [4.69, 9.17) is 4.74 Å². The van der Waals surface area contributed by atoms with Gasteiger partial charge in [-0.25, -0.2) is 22.8 Å². The number of hydrogen-bond donors (Lipinski definition) is 0. The molecule has 1 aliphatic heterocycles. The largest absolute Gasteiger partial charge is 0.473 e. The lowest BCUT2D eigenvalue weighted by molar-refractivity contribution is 0.0593. The Bertz CT molecular complexity index is 1330. The molecule has 0 amide bonds. The second-order valence-corrected chi connectivity index (χ2v) is 8.04. The van der Waals surface area contributed by atoms with Crippen molar-refractivity contribution in [3.8, 4) is 5.88 Å². The van der Waals surface area contributed by atoms with Crippen molar-refractivity contribution in [3.05, 3.63) is 76.4 Å². The highest BCUT2D eigenvalue weighted by Gasteiger charge is 2.38. The van der Waals surface area contributed by atoms with E-state index in [2.05, 4.69) is 15.2 Å². The van der Waals surface area contributed by atoms with Crippen LogP contribution in [-0.4, -0.2) is 35.0 Å². The minimum atomic E-state index is -0.648. The molecule has 3 aromatic heterocycles. The van der Waals surface area contributed by atoms with Crippen LogP contribution in [0.2, 0.25) is 0 Å². The van der Waals surface area contributed by atoms with Crippen LogP contribution < -0.4 is 10.4 Å². The third-order valence-corrected chi connectivity index (χ3v) is 6.12. The predicted octanol–water partition coefficient (Wildman–Crippen LogP) is 2.68. The first-order valence-corrected chi connectivity index (χ1v) is 10.2. The molecule has 1 atom stereocenters. The summed E-state index contributed by atoms with van der Waals surface area (Å²) >= 11 is 0. The lowest BCUT2D eigenvalue weighted by Gasteiger charge is -2.34. The lowest BCUT2D eigenvalue weighted by Crippen LogP contribution is -2.41. The molecule has 1 saturated carbocycles. The van der Waals surface area contributed by atoms with Crippen LogP contribution in [0.1, 0.15) is 42.7 Å². The summed E-state index contributed by atoms with van der Waals surface area (Å²) in [5.41, 5.74) is 0.989. The molecule has 4 aromatic rings. The first-order valence-electron chi connectivity index (χ1n) is 10.2. The summed E-state index contributed by atoms with van der Waals surface area (Å²) in [6, 6.07) is 6.66. The highest BCUT2D eigenvalue weighted by Crippen LogP contribution is 2.36. The minimum Gasteiger partial charge on any atom is -0.473 e. The molecule has 0 N–H and O–H groups in total. The van der Waals surface area contributed by atoms with E-state index in [0.717, 1.165) is 11.6 Å². The molecule has 1 aliphatic carbocycles. The van der Waals surface area contributed by atoms with Crippen LogP contribution in [-0.2, 0) is 6.42 Å². The van der Waals surface area contributed by atoms with E-state index in [0.29, 0.717) is 43.0 Å². The van der Waals surface area contributed by atoms with Crippen LogP contribution >= 0.6 is 0 Å². The molecule has 0 saturated heterocycles. The summed E-state index contributed by atoms with van der Waals surface area (Å²) in [5, 5.41) is 8.63. The number of aryl methyl sites for hydroxylation is 1. The third-order valence-electron chi connectivity index (χ3n) is 6.12. The normalized spacial score (nSPS) is 22.5. The molecular formula is C21H18F2N6O2. The summed E-state index contributed by atoms with van der Waals surface area (Å²) in [4.78, 5) is 17.3. The van der Waals surface area contributed by atoms with Gasteiger partial charge in [-0.05, 0) is 36.2 Å². The predicted molar refractivity (Wildman–Crippen MR) is 105 cm³/mol. The van der Waals surface area contributed by atoms with Crippen molar-refractivity contribution in [3.63, 3.8) is 0 Å². The van der Waals surface area contributed by atoms with Gasteiger partial charge in [-0.1, -0.05) is 0 Å². The Hall–Kier alpha value is -3.56. The number of halogens is 2. The van der Waals surface area contributed by atoms with E-state index < -0.39 is 17.7 Å². The van der Waals surface area contributed by atoms with E-state index in [9.17, 15) is 13.6 Å². The number of rotatable bonds is 4. The fourth-order valence-corrected chi connectivity index (χ4v) is 4.56. The smallest absolute Gasteiger partial charge is 0.346 e. The van der Waals surface area contributed by atoms with Crippen LogP contribution in [0.3, 0.4) is 0 Å². The van der Waals surface area contributed by atoms with Crippen LogP contribution in [0.4, 0.5) is 8.78 Å². The number of hydrogen-bond acceptors (Lipinski definition) is 5. The van der Waals surface area contributed by atoms with Gasteiger partial charge in [0.1, 0.15) is 35.4 Å². The first-order chi connectivity index (χ1) is 15.1. The molecule has 10 heteroatoms. The summed E-state index contributed by atoms with van der Waals surface area (Å²) in [5.74, 6) is -0.138. The molecule has 4 heterocycles. The zero-order chi connectivity index (χ0) is 21.1. The highest BCUT2D eigenvalue weighted by atomic mass is 19.1. The van der Waals surface area contributed by atoms with Crippen molar-refractivity contribution >= 4 is 5.52 Å². The third kappa shape index (κ3) is 2.93. The second kappa shape index (κ2) is 6.73. The lowest BCUT2D eigenvalue weighted by atomic mass is 9.89. The Morgan fingerprint density at radius 2 is 1.94 bits per heavy atom. The van der Waals surface area contributed by atoms with Crippen molar-refractivity contribution in [2.24, 2.45) is 0 Å². The van der Waals surface area contributed by atoms with Gasteiger partial charge >= 0.3 is 5.69 Å². The van der Waals surface area contributed by atoms with Crippen LogP contribution in [0.25, 0.3) is 5.52 Å². The van der Waals surface area contributed by atoms with Gasteiger partial charge in [0, 0.05) is 31.5 Å². The number of fused-ring (bicyclic) bond motifs is 2. The summed E-state index contributed by atoms with van der Waals surface area (Å²) < 4.78 is 38.1. The quantitative estimate of drug-likeness (QED) is 0.503. The van der Waals surface area contributed by atoms with Gasteiger partial charge in [0.05, 0.1) is 12.1 Å². The summed E-state index contributed by atoms with van der Waals surface area (Å²) in [6.07, 6.45) is 5.64. The van der Waals surface area contributed by atoms with E-state index in [-0.39, 0.29) is 17.8 Å². The van der Waals surface area contributed by atoms with Crippen LogP contribution in [0.5, 0.6) is 5.88 Å². The maximum absolute atomic E-state index is 13.7. The van der Waals surface area contributed by atoms with E-state index >= 15 is 0 Å². The molecule has 1 fully saturated rings. The van der Waals surface area contributed by atoms with Crippen molar-refractivity contribution in [1.82, 2.24) is 28.9 Å². The van der Waals surface area contributed by atoms with Crippen molar-refractivity contribution < 1.29 is 13.5 Å². The molecule has 31 heavy (non-hydrogen) atoms. The first kappa shape index (κ1) is 18.2. The molecule has 0 unspecified atom stereocenters. The van der Waals surface area contributed by atoms with Crippen LogP contribution in [0, 0.1) is 11.6 Å². The zero-order valence-corrected chi connectivity index (χ0v) is 16.4. The number of benzene rings is 1. The molecule has 1 aromatic carbocycles. The SMILES string of the molecule is O=c1n2c(nn1[C@H]1C[C@H](Oc3ncnn4cccc34)C1)CC[C@H]2c1cc(F)cc(F)c1. The van der Waals surface area contributed by atoms with Gasteiger partial charge in [-0.15, -0.1) is 0 Å². The van der Waals surface area contributed by atoms with Gasteiger partial charge < -0.3 is 4.74 Å². The number of ether oxygens (including phenoxy) is 1. The van der Waals surface area contributed by atoms with Crippen molar-refractivity contribution in [1.29, 1.82) is 0 Å². The van der Waals surface area contributed by atoms with Crippen molar-refractivity contribution in [2.45, 2.75) is 43.9 Å².